The molecule has 1 fully saturated rings. The molecular weight excluding hydrogens is 408 g/mol. The number of hydrogen-bond donors (Lipinski definition) is 2. The first-order chi connectivity index (χ1) is 15.0. The average Bonchev–Trinajstić information content (AvgIpc) is 3.07. The molecule has 0 aliphatic carbocycles. The van der Waals surface area contributed by atoms with E-state index >= 15 is 0 Å². The van der Waals surface area contributed by atoms with Crippen LogP contribution in [0.1, 0.15) is 44.9 Å². The highest BCUT2D eigenvalue weighted by molar-refractivity contribution is 6.03. The van der Waals surface area contributed by atoms with Crippen LogP contribution in [0.4, 0.5) is 11.5 Å². The molecule has 3 heterocycles. The summed E-state index contributed by atoms with van der Waals surface area (Å²) in [5, 5.41) is 14.8. The molecule has 1 saturated heterocycles. The van der Waals surface area contributed by atoms with E-state index in [9.17, 15) is 14.7 Å². The monoisotopic (exact) mass is 436 g/mol. The third kappa shape index (κ3) is 3.29. The zero-order valence-corrected chi connectivity index (χ0v) is 19.0. The number of aliphatic hydroxyl groups is 1. The lowest BCUT2D eigenvalue weighted by molar-refractivity contribution is -0.145. The first-order valence-corrected chi connectivity index (χ1v) is 10.6. The summed E-state index contributed by atoms with van der Waals surface area (Å²) in [5.41, 5.74) is 9.62. The number of nitrogens with two attached hydrogens (primary N) is 1. The summed E-state index contributed by atoms with van der Waals surface area (Å²) in [5.74, 6) is 0.0579. The summed E-state index contributed by atoms with van der Waals surface area (Å²) in [7, 11) is 0. The molecule has 0 saturated carbocycles. The van der Waals surface area contributed by atoms with Crippen LogP contribution in [-0.2, 0) is 9.59 Å². The Morgan fingerprint density at radius 2 is 1.97 bits per heavy atom. The Kier molecular flexibility index (Phi) is 5.16. The lowest BCUT2D eigenvalue weighted by Gasteiger charge is -2.46. The summed E-state index contributed by atoms with van der Waals surface area (Å²) in [6.45, 7) is 9.33. The van der Waals surface area contributed by atoms with Crippen LogP contribution in [0.5, 0.6) is 0 Å². The van der Waals surface area contributed by atoms with Crippen LogP contribution in [-0.4, -0.2) is 55.0 Å². The maximum Gasteiger partial charge on any atom is 0.252 e. The highest BCUT2D eigenvalue weighted by Crippen LogP contribution is 2.36. The Labute approximate surface area is 186 Å². The Hall–Kier alpha value is -3.46. The first kappa shape index (κ1) is 21.8. The normalized spacial score (nSPS) is 17.1. The molecule has 3 aromatic rings. The number of carbonyl (C=O) groups is 2. The summed E-state index contributed by atoms with van der Waals surface area (Å²) in [4.78, 5) is 32.8. The molecule has 1 aliphatic heterocycles. The predicted molar refractivity (Wildman–Crippen MR) is 122 cm³/mol. The van der Waals surface area contributed by atoms with Crippen LogP contribution in [0.25, 0.3) is 16.8 Å². The number of piperazine rings is 1. The standard InChI is InChI=1S/C23H28N6O3/c1-13-10-18(29-20(13)21(24)25-12-26-29)16-6-7-17(14(2)30)19(11-16)27-8-9-28(15(3)31)23(4,5)22(27)32/h6-7,10-12,14,30H,8-9H2,1-5H3,(H2,24,25,26). The molecule has 0 bridgehead atoms. The van der Waals surface area contributed by atoms with Crippen LogP contribution in [0.15, 0.2) is 30.6 Å². The summed E-state index contributed by atoms with van der Waals surface area (Å²) >= 11 is 0. The number of amides is 2. The minimum atomic E-state index is -0.990. The molecule has 1 aliphatic rings. The fourth-order valence-corrected chi connectivity index (χ4v) is 4.56. The topological polar surface area (TPSA) is 117 Å². The maximum absolute atomic E-state index is 13.5. The number of carbonyl (C=O) groups excluding carboxylic acids is 2. The number of nitrogen functional groups attached to an aromatic ring is 1. The van der Waals surface area contributed by atoms with Gasteiger partial charge in [-0.3, -0.25) is 9.59 Å². The molecule has 32 heavy (non-hydrogen) atoms. The van der Waals surface area contributed by atoms with Crippen molar-refractivity contribution in [2.45, 2.75) is 46.3 Å². The highest BCUT2D eigenvalue weighted by Gasteiger charge is 2.44. The van der Waals surface area contributed by atoms with E-state index in [-0.39, 0.29) is 11.8 Å². The fraction of sp³-hybridized carbons (Fsp3) is 0.391. The quantitative estimate of drug-likeness (QED) is 0.651. The van der Waals surface area contributed by atoms with Gasteiger partial charge in [-0.25, -0.2) is 9.50 Å². The molecular formula is C23H28N6O3. The third-order valence-corrected chi connectivity index (χ3v) is 6.21. The molecule has 168 valence electrons. The molecule has 1 unspecified atom stereocenters. The summed E-state index contributed by atoms with van der Waals surface area (Å²) in [6.07, 6.45) is 0.633. The van der Waals surface area contributed by atoms with Gasteiger partial charge in [0.05, 0.1) is 17.5 Å². The zero-order chi connectivity index (χ0) is 23.4. The lowest BCUT2D eigenvalue weighted by atomic mass is 9.94. The second-order valence-electron chi connectivity index (χ2n) is 8.75. The molecule has 9 nitrogen and oxygen atoms in total. The van der Waals surface area contributed by atoms with Crippen molar-refractivity contribution in [3.63, 3.8) is 0 Å². The van der Waals surface area contributed by atoms with Gasteiger partial charge in [0.1, 0.15) is 17.4 Å². The SMILES string of the molecule is CC(=O)N1CCN(c2cc(-c3cc(C)c4c(N)ncnn34)ccc2C(C)O)C(=O)C1(C)C. The second-order valence-corrected chi connectivity index (χ2v) is 8.75. The number of nitrogens with zero attached hydrogens (tertiary/aromatic N) is 5. The minimum absolute atomic E-state index is 0.139. The van der Waals surface area contributed by atoms with Crippen LogP contribution in [0, 0.1) is 6.92 Å². The van der Waals surface area contributed by atoms with Crippen molar-refractivity contribution in [2.24, 2.45) is 0 Å². The number of fused-ring (bicyclic) bond motifs is 1. The van der Waals surface area contributed by atoms with E-state index < -0.39 is 11.6 Å². The average molecular weight is 437 g/mol. The lowest BCUT2D eigenvalue weighted by Crippen LogP contribution is -2.64. The number of hydrogen-bond acceptors (Lipinski definition) is 6. The van der Waals surface area contributed by atoms with Crippen molar-refractivity contribution in [1.82, 2.24) is 19.5 Å². The van der Waals surface area contributed by atoms with E-state index in [1.165, 1.54) is 13.3 Å². The molecule has 9 heteroatoms. The van der Waals surface area contributed by atoms with Crippen molar-refractivity contribution >= 4 is 28.8 Å². The van der Waals surface area contributed by atoms with E-state index in [0.717, 1.165) is 22.3 Å². The zero-order valence-electron chi connectivity index (χ0n) is 19.0. The smallest absolute Gasteiger partial charge is 0.252 e. The van der Waals surface area contributed by atoms with E-state index in [0.29, 0.717) is 30.2 Å². The fourth-order valence-electron chi connectivity index (χ4n) is 4.56. The number of benzene rings is 1. The van der Waals surface area contributed by atoms with Crippen LogP contribution in [0.2, 0.25) is 0 Å². The molecule has 0 radical (unpaired) electrons. The van der Waals surface area contributed by atoms with Gasteiger partial charge in [0.15, 0.2) is 5.82 Å². The summed E-state index contributed by atoms with van der Waals surface area (Å²) in [6, 6.07) is 7.58. The first-order valence-electron chi connectivity index (χ1n) is 10.6. The van der Waals surface area contributed by atoms with E-state index in [1.54, 1.807) is 35.1 Å². The molecule has 1 aromatic carbocycles. The molecule has 4 rings (SSSR count). The van der Waals surface area contributed by atoms with Crippen LogP contribution in [0.3, 0.4) is 0 Å². The number of aromatic nitrogens is 3. The Morgan fingerprint density at radius 1 is 1.25 bits per heavy atom. The van der Waals surface area contributed by atoms with Crippen molar-refractivity contribution in [3.8, 4) is 11.3 Å². The van der Waals surface area contributed by atoms with Crippen molar-refractivity contribution < 1.29 is 14.7 Å². The third-order valence-electron chi connectivity index (χ3n) is 6.21. The molecule has 3 N–H and O–H groups in total. The molecule has 1 atom stereocenters. The predicted octanol–water partition coefficient (Wildman–Crippen LogP) is 2.31. The van der Waals surface area contributed by atoms with Crippen LogP contribution >= 0.6 is 0 Å². The number of aryl methyl sites for hydroxylation is 1. The van der Waals surface area contributed by atoms with Gasteiger partial charge in [-0.05, 0) is 45.4 Å². The van der Waals surface area contributed by atoms with Gasteiger partial charge in [0, 0.05) is 31.1 Å². The molecule has 2 amide bonds. The van der Waals surface area contributed by atoms with Crippen molar-refractivity contribution in [1.29, 1.82) is 0 Å². The van der Waals surface area contributed by atoms with Crippen molar-refractivity contribution in [3.05, 3.63) is 41.7 Å². The van der Waals surface area contributed by atoms with Gasteiger partial charge in [0.2, 0.25) is 5.91 Å². The van der Waals surface area contributed by atoms with Gasteiger partial charge in [-0.1, -0.05) is 12.1 Å². The highest BCUT2D eigenvalue weighted by atomic mass is 16.3. The van der Waals surface area contributed by atoms with Crippen molar-refractivity contribution in [2.75, 3.05) is 23.7 Å². The number of rotatable bonds is 3. The minimum Gasteiger partial charge on any atom is -0.389 e. The van der Waals surface area contributed by atoms with Gasteiger partial charge >= 0.3 is 0 Å². The second kappa shape index (κ2) is 7.59. The van der Waals surface area contributed by atoms with Gasteiger partial charge < -0.3 is 20.6 Å². The number of anilines is 2. The Bertz CT molecular complexity index is 1230. The number of aliphatic hydroxyl groups excluding tert-OH is 1. The maximum atomic E-state index is 13.5. The summed E-state index contributed by atoms with van der Waals surface area (Å²) < 4.78 is 1.73. The Balaban J connectivity index is 1.86. The van der Waals surface area contributed by atoms with E-state index in [2.05, 4.69) is 10.1 Å². The Morgan fingerprint density at radius 3 is 2.62 bits per heavy atom. The molecule has 2 aromatic heterocycles. The van der Waals surface area contributed by atoms with Crippen LogP contribution < -0.4 is 10.6 Å². The van der Waals surface area contributed by atoms with E-state index in [1.807, 2.05) is 31.2 Å². The van der Waals surface area contributed by atoms with E-state index in [4.69, 9.17) is 5.73 Å². The largest absolute Gasteiger partial charge is 0.389 e. The molecule has 0 spiro atoms. The van der Waals surface area contributed by atoms with Gasteiger partial charge in [-0.15, -0.1) is 0 Å². The van der Waals surface area contributed by atoms with Gasteiger partial charge in [-0.2, -0.15) is 5.10 Å². The van der Waals surface area contributed by atoms with Gasteiger partial charge in [0.25, 0.3) is 5.91 Å².